The van der Waals surface area contributed by atoms with E-state index in [2.05, 4.69) is 10.1 Å². The van der Waals surface area contributed by atoms with Crippen LogP contribution in [0.1, 0.15) is 20.7 Å². The van der Waals surface area contributed by atoms with Gasteiger partial charge < -0.3 is 10.1 Å². The zero-order chi connectivity index (χ0) is 17.0. The smallest absolute Gasteiger partial charge is 0.337 e. The van der Waals surface area contributed by atoms with Gasteiger partial charge in [-0.2, -0.15) is 0 Å². The summed E-state index contributed by atoms with van der Waals surface area (Å²) in [5, 5.41) is 13.2. The van der Waals surface area contributed by atoms with E-state index in [1.54, 1.807) is 0 Å². The number of nitrogens with one attached hydrogen (secondary N) is 1. The van der Waals surface area contributed by atoms with Crippen molar-refractivity contribution in [2.24, 2.45) is 0 Å². The fourth-order valence-electron chi connectivity index (χ4n) is 1.81. The summed E-state index contributed by atoms with van der Waals surface area (Å²) >= 11 is 5.89. The van der Waals surface area contributed by atoms with Gasteiger partial charge in [-0.3, -0.25) is 14.9 Å². The maximum atomic E-state index is 12.1. The molecular formula is C15H11ClN2O5. The first-order chi connectivity index (χ1) is 10.9. The van der Waals surface area contributed by atoms with Crippen molar-refractivity contribution in [2.45, 2.75) is 0 Å². The summed E-state index contributed by atoms with van der Waals surface area (Å²) in [4.78, 5) is 33.5. The number of non-ortho nitro benzene ring substituents is 1. The van der Waals surface area contributed by atoms with Crippen molar-refractivity contribution in [1.29, 1.82) is 0 Å². The van der Waals surface area contributed by atoms with Crippen LogP contribution in [0.5, 0.6) is 0 Å². The summed E-state index contributed by atoms with van der Waals surface area (Å²) in [7, 11) is 1.27. The van der Waals surface area contributed by atoms with Crippen LogP contribution >= 0.6 is 11.6 Å². The monoisotopic (exact) mass is 334 g/mol. The molecule has 2 rings (SSSR count). The van der Waals surface area contributed by atoms with Crippen molar-refractivity contribution in [1.82, 2.24) is 0 Å². The van der Waals surface area contributed by atoms with Crippen molar-refractivity contribution in [3.63, 3.8) is 0 Å². The molecule has 1 N–H and O–H groups in total. The second kappa shape index (κ2) is 6.89. The van der Waals surface area contributed by atoms with Crippen LogP contribution in [0.25, 0.3) is 0 Å². The van der Waals surface area contributed by atoms with E-state index < -0.39 is 16.8 Å². The van der Waals surface area contributed by atoms with Gasteiger partial charge in [0, 0.05) is 17.8 Å². The number of rotatable bonds is 4. The van der Waals surface area contributed by atoms with E-state index in [9.17, 15) is 19.7 Å². The second-order valence-corrected chi connectivity index (χ2v) is 4.85. The Morgan fingerprint density at radius 3 is 2.35 bits per heavy atom. The lowest BCUT2D eigenvalue weighted by Crippen LogP contribution is -2.12. The van der Waals surface area contributed by atoms with Crippen LogP contribution in [-0.2, 0) is 4.74 Å². The first-order valence-electron chi connectivity index (χ1n) is 6.36. The minimum absolute atomic E-state index is 0.0251. The number of benzene rings is 2. The molecule has 0 aromatic heterocycles. The molecule has 0 fully saturated rings. The molecule has 0 saturated carbocycles. The Bertz CT molecular complexity index is 774. The van der Waals surface area contributed by atoms with Crippen molar-refractivity contribution in [3.05, 3.63) is 68.7 Å². The van der Waals surface area contributed by atoms with E-state index >= 15 is 0 Å². The number of hydrogen-bond donors (Lipinski definition) is 1. The highest BCUT2D eigenvalue weighted by Crippen LogP contribution is 2.23. The zero-order valence-corrected chi connectivity index (χ0v) is 12.7. The van der Waals surface area contributed by atoms with Crippen molar-refractivity contribution >= 4 is 34.9 Å². The van der Waals surface area contributed by atoms with Crippen LogP contribution in [0.3, 0.4) is 0 Å². The molecule has 1 amide bonds. The van der Waals surface area contributed by atoms with Crippen molar-refractivity contribution in [3.8, 4) is 0 Å². The molecule has 0 aliphatic rings. The second-order valence-electron chi connectivity index (χ2n) is 4.44. The van der Waals surface area contributed by atoms with E-state index in [0.29, 0.717) is 11.3 Å². The molecule has 23 heavy (non-hydrogen) atoms. The molecule has 118 valence electrons. The summed E-state index contributed by atoms with van der Waals surface area (Å²) in [6, 6.07) is 9.64. The maximum absolute atomic E-state index is 12.1. The van der Waals surface area contributed by atoms with Gasteiger partial charge in [0.15, 0.2) is 0 Å². The average molecular weight is 335 g/mol. The number of carbonyl (C=O) groups is 2. The minimum atomic E-state index is -0.598. The number of carbonyl (C=O) groups excluding carboxylic acids is 2. The lowest BCUT2D eigenvalue weighted by atomic mass is 10.1. The molecule has 0 heterocycles. The Labute approximate surface area is 136 Å². The number of anilines is 1. The van der Waals surface area contributed by atoms with Crippen LogP contribution in [0, 0.1) is 10.1 Å². The number of nitro groups is 1. The van der Waals surface area contributed by atoms with Crippen molar-refractivity contribution < 1.29 is 19.2 Å². The third-order valence-electron chi connectivity index (χ3n) is 2.97. The van der Waals surface area contributed by atoms with Crippen molar-refractivity contribution in [2.75, 3.05) is 12.4 Å². The van der Waals surface area contributed by atoms with Gasteiger partial charge in [-0.05, 0) is 30.3 Å². The van der Waals surface area contributed by atoms with Crippen LogP contribution in [-0.4, -0.2) is 23.9 Å². The summed E-state index contributed by atoms with van der Waals surface area (Å²) in [5.74, 6) is -1.00. The SMILES string of the molecule is COC(=O)c1ccc(NC(=O)c2ccc([N+](=O)[O-])cc2Cl)cc1. The van der Waals surface area contributed by atoms with Gasteiger partial charge in [-0.25, -0.2) is 4.79 Å². The van der Waals surface area contributed by atoms with E-state index in [0.717, 1.165) is 6.07 Å². The number of ether oxygens (including phenoxy) is 1. The Morgan fingerprint density at radius 2 is 1.83 bits per heavy atom. The number of esters is 1. The predicted molar refractivity (Wildman–Crippen MR) is 83.8 cm³/mol. The molecular weight excluding hydrogens is 324 g/mol. The number of methoxy groups -OCH3 is 1. The molecule has 8 heteroatoms. The Morgan fingerprint density at radius 1 is 1.17 bits per heavy atom. The molecule has 0 radical (unpaired) electrons. The van der Waals surface area contributed by atoms with E-state index in [4.69, 9.17) is 11.6 Å². The average Bonchev–Trinajstić information content (AvgIpc) is 2.54. The summed E-state index contributed by atoms with van der Waals surface area (Å²) in [6.45, 7) is 0. The first kappa shape index (κ1) is 16.4. The van der Waals surface area contributed by atoms with Gasteiger partial charge in [-0.1, -0.05) is 11.6 Å². The highest BCUT2D eigenvalue weighted by molar-refractivity contribution is 6.34. The number of nitro benzene ring substituents is 1. The minimum Gasteiger partial charge on any atom is -0.465 e. The van der Waals surface area contributed by atoms with Gasteiger partial charge in [0.05, 0.1) is 28.2 Å². The molecule has 7 nitrogen and oxygen atoms in total. The van der Waals surface area contributed by atoms with Gasteiger partial charge in [0.25, 0.3) is 11.6 Å². The molecule has 2 aromatic rings. The molecule has 0 atom stereocenters. The quantitative estimate of drug-likeness (QED) is 0.525. The van der Waals surface area contributed by atoms with Gasteiger partial charge in [0.1, 0.15) is 0 Å². The normalized spacial score (nSPS) is 10.0. The van der Waals surface area contributed by atoms with Gasteiger partial charge >= 0.3 is 5.97 Å². The van der Waals surface area contributed by atoms with Crippen LogP contribution in [0.15, 0.2) is 42.5 Å². The number of nitrogens with zero attached hydrogens (tertiary/aromatic N) is 1. The lowest BCUT2D eigenvalue weighted by Gasteiger charge is -2.07. The van der Waals surface area contributed by atoms with Crippen LogP contribution < -0.4 is 5.32 Å². The Hall–Kier alpha value is -2.93. The number of hydrogen-bond acceptors (Lipinski definition) is 5. The van der Waals surface area contributed by atoms with E-state index in [1.165, 1.54) is 43.5 Å². The fourth-order valence-corrected chi connectivity index (χ4v) is 2.07. The molecule has 0 bridgehead atoms. The topological polar surface area (TPSA) is 98.5 Å². The third-order valence-corrected chi connectivity index (χ3v) is 3.28. The lowest BCUT2D eigenvalue weighted by molar-refractivity contribution is -0.384. The highest BCUT2D eigenvalue weighted by atomic mass is 35.5. The number of amides is 1. The highest BCUT2D eigenvalue weighted by Gasteiger charge is 2.15. The first-order valence-corrected chi connectivity index (χ1v) is 6.74. The molecule has 0 spiro atoms. The molecule has 0 aliphatic carbocycles. The standard InChI is InChI=1S/C15H11ClN2O5/c1-23-15(20)9-2-4-10(5-3-9)17-14(19)12-7-6-11(18(21)22)8-13(12)16/h2-8H,1H3,(H,17,19). The van der Waals surface area contributed by atoms with Crippen LogP contribution in [0.2, 0.25) is 5.02 Å². The largest absolute Gasteiger partial charge is 0.465 e. The maximum Gasteiger partial charge on any atom is 0.337 e. The Balaban J connectivity index is 2.16. The summed E-state index contributed by atoms with van der Waals surface area (Å²) < 4.78 is 4.57. The zero-order valence-electron chi connectivity index (χ0n) is 11.9. The van der Waals surface area contributed by atoms with Gasteiger partial charge in [-0.15, -0.1) is 0 Å². The van der Waals surface area contributed by atoms with Crippen LogP contribution in [0.4, 0.5) is 11.4 Å². The summed E-state index contributed by atoms with van der Waals surface area (Å²) in [5.41, 5.74) is 0.694. The Kier molecular flexibility index (Phi) is 4.92. The molecule has 0 unspecified atom stereocenters. The molecule has 0 saturated heterocycles. The number of halogens is 1. The molecule has 2 aromatic carbocycles. The summed E-state index contributed by atoms with van der Waals surface area (Å²) in [6.07, 6.45) is 0. The van der Waals surface area contributed by atoms with E-state index in [1.807, 2.05) is 0 Å². The van der Waals surface area contributed by atoms with Gasteiger partial charge in [0.2, 0.25) is 0 Å². The molecule has 0 aliphatic heterocycles. The predicted octanol–water partition coefficient (Wildman–Crippen LogP) is 3.29. The third kappa shape index (κ3) is 3.83. The van der Waals surface area contributed by atoms with E-state index in [-0.39, 0.29) is 16.3 Å². The fraction of sp³-hybridized carbons (Fsp3) is 0.0667.